The lowest BCUT2D eigenvalue weighted by Crippen LogP contribution is -2.25. The summed E-state index contributed by atoms with van der Waals surface area (Å²) < 4.78 is 10.6. The van der Waals surface area contributed by atoms with Crippen LogP contribution in [0.1, 0.15) is 45.4 Å². The van der Waals surface area contributed by atoms with Gasteiger partial charge in [0, 0.05) is 0 Å². The molecule has 0 N–H and O–H groups in total. The van der Waals surface area contributed by atoms with Gasteiger partial charge in [0.1, 0.15) is 5.60 Å². The molecule has 1 saturated heterocycles. The van der Waals surface area contributed by atoms with Crippen molar-refractivity contribution in [1.29, 1.82) is 0 Å². The molecular formula is C11H18O3. The van der Waals surface area contributed by atoms with Crippen LogP contribution in [0.15, 0.2) is 0 Å². The van der Waals surface area contributed by atoms with Crippen molar-refractivity contribution < 1.29 is 14.3 Å². The highest BCUT2D eigenvalue weighted by Crippen LogP contribution is 2.48. The highest BCUT2D eigenvalue weighted by molar-refractivity contribution is 5.79. The zero-order valence-electron chi connectivity index (χ0n) is 8.75. The quantitative estimate of drug-likeness (QED) is 0.514. The first-order chi connectivity index (χ1) is 6.78. The van der Waals surface area contributed by atoms with Gasteiger partial charge < -0.3 is 9.47 Å². The fraction of sp³-hybridized carbons (Fsp3) is 0.909. The summed E-state index contributed by atoms with van der Waals surface area (Å²) >= 11 is 0. The molecule has 3 heteroatoms. The maximum Gasteiger partial charge on any atom is 0.338 e. The zero-order chi connectivity index (χ0) is 10.0. The Labute approximate surface area is 84.8 Å². The topological polar surface area (TPSA) is 38.8 Å². The third kappa shape index (κ3) is 1.78. The van der Waals surface area contributed by atoms with Crippen LogP contribution >= 0.6 is 0 Å². The molecule has 2 rings (SSSR count). The second-order valence-corrected chi connectivity index (χ2v) is 4.29. The first kappa shape index (κ1) is 9.97. The molecule has 0 amide bonds. The number of esters is 1. The molecular weight excluding hydrogens is 180 g/mol. The summed E-state index contributed by atoms with van der Waals surface area (Å²) in [6.07, 6.45) is 6.38. The van der Waals surface area contributed by atoms with E-state index in [1.165, 1.54) is 19.3 Å². The molecule has 0 aromatic heterocycles. The summed E-state index contributed by atoms with van der Waals surface area (Å²) in [5.41, 5.74) is -0.108. The molecule has 1 atom stereocenters. The van der Waals surface area contributed by atoms with E-state index in [1.54, 1.807) is 0 Å². The van der Waals surface area contributed by atoms with E-state index in [2.05, 4.69) is 0 Å². The van der Waals surface area contributed by atoms with Gasteiger partial charge in [-0.05, 0) is 19.3 Å². The van der Waals surface area contributed by atoms with E-state index >= 15 is 0 Å². The van der Waals surface area contributed by atoms with Crippen molar-refractivity contribution in [2.45, 2.75) is 57.2 Å². The van der Waals surface area contributed by atoms with Crippen LogP contribution in [0.25, 0.3) is 0 Å². The fourth-order valence-corrected chi connectivity index (χ4v) is 2.27. The average Bonchev–Trinajstić information content (AvgIpc) is 2.90. The van der Waals surface area contributed by atoms with Gasteiger partial charge in [0.15, 0.2) is 6.10 Å². The molecule has 2 aliphatic rings. The second-order valence-electron chi connectivity index (χ2n) is 4.29. The molecule has 1 spiro atoms. The molecule has 0 unspecified atom stereocenters. The number of carbonyl (C=O) groups excluding carboxylic acids is 1. The van der Waals surface area contributed by atoms with E-state index in [0.717, 1.165) is 19.3 Å². The Morgan fingerprint density at radius 1 is 1.43 bits per heavy atom. The van der Waals surface area contributed by atoms with Gasteiger partial charge in [-0.1, -0.05) is 26.2 Å². The third-order valence-electron chi connectivity index (χ3n) is 3.14. The average molecular weight is 198 g/mol. The molecule has 0 aromatic rings. The van der Waals surface area contributed by atoms with Gasteiger partial charge in [0.2, 0.25) is 0 Å². The van der Waals surface area contributed by atoms with E-state index in [0.29, 0.717) is 6.61 Å². The van der Waals surface area contributed by atoms with Crippen molar-refractivity contribution >= 4 is 5.97 Å². The molecule has 0 aromatic carbocycles. The van der Waals surface area contributed by atoms with Gasteiger partial charge in [-0.25, -0.2) is 4.79 Å². The van der Waals surface area contributed by atoms with E-state index in [-0.39, 0.29) is 17.7 Å². The summed E-state index contributed by atoms with van der Waals surface area (Å²) in [4.78, 5) is 11.5. The maximum atomic E-state index is 11.5. The van der Waals surface area contributed by atoms with Gasteiger partial charge in [0.05, 0.1) is 6.61 Å². The van der Waals surface area contributed by atoms with Crippen LogP contribution in [0.4, 0.5) is 0 Å². The molecule has 2 fully saturated rings. The molecule has 1 heterocycles. The van der Waals surface area contributed by atoms with Crippen LogP contribution in [0, 0.1) is 0 Å². The third-order valence-corrected chi connectivity index (χ3v) is 3.14. The van der Waals surface area contributed by atoms with Gasteiger partial charge in [-0.2, -0.15) is 0 Å². The molecule has 3 nitrogen and oxygen atoms in total. The summed E-state index contributed by atoms with van der Waals surface area (Å²) in [6.45, 7) is 2.52. The molecule has 14 heavy (non-hydrogen) atoms. The molecule has 1 saturated carbocycles. The number of hydrogen-bond donors (Lipinski definition) is 0. The van der Waals surface area contributed by atoms with Gasteiger partial charge >= 0.3 is 5.97 Å². The minimum absolute atomic E-state index is 0.108. The van der Waals surface area contributed by atoms with E-state index in [9.17, 15) is 4.79 Å². The Bertz CT molecular complexity index is 219. The lowest BCUT2D eigenvalue weighted by atomic mass is 9.86. The molecule has 1 aliphatic carbocycles. The van der Waals surface area contributed by atoms with E-state index in [1.807, 2.05) is 6.92 Å². The zero-order valence-corrected chi connectivity index (χ0v) is 8.75. The first-order valence-corrected chi connectivity index (χ1v) is 5.63. The molecule has 80 valence electrons. The second kappa shape index (κ2) is 3.89. The summed E-state index contributed by atoms with van der Waals surface area (Å²) in [6, 6.07) is 0. The summed E-state index contributed by atoms with van der Waals surface area (Å²) in [5.74, 6) is -0.145. The molecule has 0 bridgehead atoms. The van der Waals surface area contributed by atoms with Crippen LogP contribution in [-0.4, -0.2) is 24.3 Å². The standard InChI is InChI=1S/C11H18O3/c1-2-8-13-10(12)9-11(14-9)6-4-3-5-7-11/h9H,2-8H2,1H3/t9-/m0/s1. The first-order valence-electron chi connectivity index (χ1n) is 5.63. The Balaban J connectivity index is 1.81. The lowest BCUT2D eigenvalue weighted by Gasteiger charge is -2.17. The van der Waals surface area contributed by atoms with Crippen LogP contribution in [0.3, 0.4) is 0 Å². The number of epoxide rings is 1. The lowest BCUT2D eigenvalue weighted by molar-refractivity contribution is -0.145. The van der Waals surface area contributed by atoms with Crippen molar-refractivity contribution in [2.24, 2.45) is 0 Å². The van der Waals surface area contributed by atoms with Crippen molar-refractivity contribution in [1.82, 2.24) is 0 Å². The number of carbonyl (C=O) groups is 1. The van der Waals surface area contributed by atoms with Crippen molar-refractivity contribution in [3.05, 3.63) is 0 Å². The Morgan fingerprint density at radius 2 is 2.14 bits per heavy atom. The predicted octanol–water partition coefficient (Wildman–Crippen LogP) is 2.04. The van der Waals surface area contributed by atoms with Crippen LogP contribution in [0.5, 0.6) is 0 Å². The summed E-state index contributed by atoms with van der Waals surface area (Å²) in [7, 11) is 0. The smallest absolute Gasteiger partial charge is 0.338 e. The summed E-state index contributed by atoms with van der Waals surface area (Å²) in [5, 5.41) is 0. The Kier molecular flexibility index (Phi) is 2.77. The van der Waals surface area contributed by atoms with Crippen LogP contribution in [-0.2, 0) is 14.3 Å². The molecule has 1 aliphatic heterocycles. The maximum absolute atomic E-state index is 11.5. The SMILES string of the molecule is CCCOC(=O)[C@@H]1OC12CCCCC2. The van der Waals surface area contributed by atoms with E-state index in [4.69, 9.17) is 9.47 Å². The van der Waals surface area contributed by atoms with Crippen LogP contribution in [0.2, 0.25) is 0 Å². The van der Waals surface area contributed by atoms with Crippen molar-refractivity contribution in [2.75, 3.05) is 6.61 Å². The minimum atomic E-state index is -0.241. The van der Waals surface area contributed by atoms with E-state index < -0.39 is 0 Å². The normalized spacial score (nSPS) is 28.8. The van der Waals surface area contributed by atoms with Crippen molar-refractivity contribution in [3.63, 3.8) is 0 Å². The number of ether oxygens (including phenoxy) is 2. The number of hydrogen-bond acceptors (Lipinski definition) is 3. The molecule has 0 radical (unpaired) electrons. The minimum Gasteiger partial charge on any atom is -0.464 e. The van der Waals surface area contributed by atoms with Gasteiger partial charge in [-0.15, -0.1) is 0 Å². The Morgan fingerprint density at radius 3 is 2.79 bits per heavy atom. The largest absolute Gasteiger partial charge is 0.464 e. The predicted molar refractivity (Wildman–Crippen MR) is 51.9 cm³/mol. The monoisotopic (exact) mass is 198 g/mol. The van der Waals surface area contributed by atoms with Gasteiger partial charge in [0.25, 0.3) is 0 Å². The Hall–Kier alpha value is -0.570. The van der Waals surface area contributed by atoms with Crippen molar-refractivity contribution in [3.8, 4) is 0 Å². The highest BCUT2D eigenvalue weighted by atomic mass is 16.7. The van der Waals surface area contributed by atoms with Gasteiger partial charge in [-0.3, -0.25) is 0 Å². The van der Waals surface area contributed by atoms with Crippen LogP contribution < -0.4 is 0 Å². The number of rotatable bonds is 3. The highest BCUT2D eigenvalue weighted by Gasteiger charge is 2.61. The fourth-order valence-electron chi connectivity index (χ4n) is 2.27.